The summed E-state index contributed by atoms with van der Waals surface area (Å²) in [5, 5.41) is 6.10. The smallest absolute Gasteiger partial charge is 0.146 e. The molecule has 0 atom stereocenters. The molecule has 0 spiro atoms. The molecule has 5 heterocycles. The average Bonchev–Trinajstić information content (AvgIpc) is 3.85. The van der Waals surface area contributed by atoms with E-state index in [-0.39, 0.29) is 0 Å². The van der Waals surface area contributed by atoms with Gasteiger partial charge >= 0.3 is 0 Å². The van der Waals surface area contributed by atoms with E-state index in [4.69, 9.17) is 9.97 Å². The predicted molar refractivity (Wildman–Crippen MR) is 199 cm³/mol. The number of rotatable bonds is 3. The van der Waals surface area contributed by atoms with Crippen LogP contribution in [-0.4, -0.2) is 18.8 Å². The topological polar surface area (TPSA) is 34.6 Å². The third-order valence-electron chi connectivity index (χ3n) is 10.0. The second-order valence-electron chi connectivity index (χ2n) is 12.7. The maximum absolute atomic E-state index is 5.14. The Kier molecular flexibility index (Phi) is 5.08. The molecule has 11 aromatic rings. The van der Waals surface area contributed by atoms with Crippen LogP contribution in [0.5, 0.6) is 0 Å². The summed E-state index contributed by atoms with van der Waals surface area (Å²) in [4.78, 5) is 10.2. The minimum atomic E-state index is 0.977. The number of para-hydroxylation sites is 2. The molecule has 5 aromatic heterocycles. The molecule has 4 nitrogen and oxygen atoms in total. The number of hydrogen-bond acceptors (Lipinski definition) is 2. The zero-order chi connectivity index (χ0) is 31.3. The van der Waals surface area contributed by atoms with Crippen LogP contribution in [0.4, 0.5) is 0 Å². The highest BCUT2D eigenvalue weighted by molar-refractivity contribution is 6.15. The van der Waals surface area contributed by atoms with E-state index in [2.05, 4.69) is 167 Å². The van der Waals surface area contributed by atoms with Crippen molar-refractivity contribution in [1.82, 2.24) is 18.8 Å². The van der Waals surface area contributed by atoms with Crippen LogP contribution in [0, 0.1) is 0 Å². The van der Waals surface area contributed by atoms with Gasteiger partial charge in [-0.15, -0.1) is 0 Å². The SMILES string of the molecule is c1cc(-c2cccc(-c3nc4cccc5c6ccccc6c3n45)c2)cc(-c2ccc3c4ccccc4c4nc5ccccc5n4c3c2)c1. The van der Waals surface area contributed by atoms with Gasteiger partial charge in [-0.2, -0.15) is 0 Å². The fourth-order valence-electron chi connectivity index (χ4n) is 7.88. The minimum Gasteiger partial charge on any atom is -0.292 e. The zero-order valence-electron chi connectivity index (χ0n) is 25.8. The van der Waals surface area contributed by atoms with Crippen LogP contribution in [0.2, 0.25) is 0 Å². The Balaban J connectivity index is 1.08. The van der Waals surface area contributed by atoms with E-state index in [0.29, 0.717) is 0 Å². The van der Waals surface area contributed by atoms with Gasteiger partial charge < -0.3 is 0 Å². The monoisotopic (exact) mass is 610 g/mol. The summed E-state index contributed by atoms with van der Waals surface area (Å²) in [6, 6.07) is 56.6. The second-order valence-corrected chi connectivity index (χ2v) is 12.7. The number of benzene rings is 6. The molecule has 0 amide bonds. The van der Waals surface area contributed by atoms with E-state index in [1.54, 1.807) is 0 Å². The normalized spacial score (nSPS) is 12.2. The van der Waals surface area contributed by atoms with E-state index in [1.807, 2.05) is 0 Å². The lowest BCUT2D eigenvalue weighted by Gasteiger charge is -2.12. The van der Waals surface area contributed by atoms with E-state index in [1.165, 1.54) is 60.2 Å². The molecule has 0 fully saturated rings. The number of hydrogen-bond donors (Lipinski definition) is 0. The van der Waals surface area contributed by atoms with Gasteiger partial charge in [0.2, 0.25) is 0 Å². The third-order valence-corrected chi connectivity index (χ3v) is 10.0. The molecule has 0 radical (unpaired) electrons. The van der Waals surface area contributed by atoms with Gasteiger partial charge in [-0.1, -0.05) is 115 Å². The summed E-state index contributed by atoms with van der Waals surface area (Å²) in [6.07, 6.45) is 0. The quantitative estimate of drug-likeness (QED) is 0.187. The van der Waals surface area contributed by atoms with Crippen molar-refractivity contribution in [2.45, 2.75) is 0 Å². The first-order valence-corrected chi connectivity index (χ1v) is 16.3. The van der Waals surface area contributed by atoms with Gasteiger partial charge in [0.25, 0.3) is 0 Å². The number of imidazole rings is 2. The molecule has 0 unspecified atom stereocenters. The van der Waals surface area contributed by atoms with Crippen molar-refractivity contribution >= 4 is 65.8 Å². The Bertz CT molecular complexity index is 3070. The summed E-state index contributed by atoms with van der Waals surface area (Å²) in [6.45, 7) is 0. The van der Waals surface area contributed by atoms with Crippen molar-refractivity contribution in [3.63, 3.8) is 0 Å². The van der Waals surface area contributed by atoms with Crippen molar-refractivity contribution in [1.29, 1.82) is 0 Å². The Morgan fingerprint density at radius 1 is 0.354 bits per heavy atom. The molecule has 11 rings (SSSR count). The Hall–Kier alpha value is -6.52. The van der Waals surface area contributed by atoms with Gasteiger partial charge in [-0.3, -0.25) is 8.80 Å². The highest BCUT2D eigenvalue weighted by atomic mass is 15.0. The molecular weight excluding hydrogens is 585 g/mol. The standard InChI is InChI=1S/C44H26N4/c1-4-17-36-32(14-1)34-23-22-30(26-40(34)47-39-19-6-5-18-37(39)45-44(36)47)28-11-7-10-27(24-28)29-12-8-13-31(25-29)42-43-35-16-3-2-15-33(35)38-20-9-21-41(46-42)48(38)43/h1-26H. The van der Waals surface area contributed by atoms with Crippen LogP contribution >= 0.6 is 0 Å². The number of nitrogens with zero attached hydrogens (tertiary/aromatic N) is 4. The summed E-state index contributed by atoms with van der Waals surface area (Å²) < 4.78 is 4.63. The first-order valence-electron chi connectivity index (χ1n) is 16.3. The van der Waals surface area contributed by atoms with Crippen LogP contribution in [0.25, 0.3) is 99.3 Å². The van der Waals surface area contributed by atoms with Crippen LogP contribution in [0.1, 0.15) is 0 Å². The molecule has 0 saturated heterocycles. The fraction of sp³-hybridized carbons (Fsp3) is 0. The lowest BCUT2D eigenvalue weighted by molar-refractivity contribution is 1.31. The Morgan fingerprint density at radius 3 is 1.79 bits per heavy atom. The van der Waals surface area contributed by atoms with Gasteiger partial charge in [-0.25, -0.2) is 9.97 Å². The number of pyridine rings is 2. The lowest BCUT2D eigenvalue weighted by atomic mass is 9.96. The minimum absolute atomic E-state index is 0.977. The molecular formula is C44H26N4. The number of fused-ring (bicyclic) bond motifs is 11. The van der Waals surface area contributed by atoms with Crippen molar-refractivity contribution in [2.24, 2.45) is 0 Å². The Morgan fingerprint density at radius 2 is 0.958 bits per heavy atom. The largest absolute Gasteiger partial charge is 0.292 e. The summed E-state index contributed by atoms with van der Waals surface area (Å²) >= 11 is 0. The predicted octanol–water partition coefficient (Wildman–Crippen LogP) is 11.2. The first kappa shape index (κ1) is 25.6. The summed E-state index contributed by atoms with van der Waals surface area (Å²) in [5.41, 5.74) is 14.4. The molecule has 0 N–H and O–H groups in total. The molecule has 222 valence electrons. The lowest BCUT2D eigenvalue weighted by Crippen LogP contribution is -1.92. The molecule has 0 aliphatic heterocycles. The molecule has 6 aromatic carbocycles. The van der Waals surface area contributed by atoms with Crippen molar-refractivity contribution < 1.29 is 0 Å². The molecule has 0 saturated carbocycles. The molecule has 0 aliphatic rings. The maximum Gasteiger partial charge on any atom is 0.146 e. The number of aromatic nitrogens is 4. The molecule has 4 heteroatoms. The first-order chi connectivity index (χ1) is 23.8. The molecule has 0 bridgehead atoms. The second kappa shape index (κ2) is 9.50. The van der Waals surface area contributed by atoms with Crippen molar-refractivity contribution in [2.75, 3.05) is 0 Å². The van der Waals surface area contributed by atoms with E-state index >= 15 is 0 Å². The third kappa shape index (κ3) is 3.49. The maximum atomic E-state index is 5.14. The van der Waals surface area contributed by atoms with Gasteiger partial charge in [-0.05, 0) is 70.1 Å². The van der Waals surface area contributed by atoms with Gasteiger partial charge in [0.05, 0.1) is 33.3 Å². The van der Waals surface area contributed by atoms with Crippen molar-refractivity contribution in [3.05, 3.63) is 158 Å². The summed E-state index contributed by atoms with van der Waals surface area (Å²) in [7, 11) is 0. The van der Waals surface area contributed by atoms with E-state index in [0.717, 1.165) is 39.1 Å². The zero-order valence-corrected chi connectivity index (χ0v) is 25.8. The highest BCUT2D eigenvalue weighted by Crippen LogP contribution is 2.39. The van der Waals surface area contributed by atoms with E-state index < -0.39 is 0 Å². The summed E-state index contributed by atoms with van der Waals surface area (Å²) in [5.74, 6) is 0. The van der Waals surface area contributed by atoms with Crippen LogP contribution in [0.15, 0.2) is 158 Å². The fourth-order valence-corrected chi connectivity index (χ4v) is 7.88. The van der Waals surface area contributed by atoms with Gasteiger partial charge in [0.15, 0.2) is 0 Å². The van der Waals surface area contributed by atoms with Crippen LogP contribution in [0.3, 0.4) is 0 Å². The molecule has 0 aliphatic carbocycles. The van der Waals surface area contributed by atoms with Gasteiger partial charge in [0.1, 0.15) is 11.3 Å². The highest BCUT2D eigenvalue weighted by Gasteiger charge is 2.19. The average molecular weight is 611 g/mol. The Labute approximate surface area is 275 Å². The van der Waals surface area contributed by atoms with Crippen LogP contribution in [-0.2, 0) is 0 Å². The van der Waals surface area contributed by atoms with Crippen LogP contribution < -0.4 is 0 Å². The van der Waals surface area contributed by atoms with E-state index in [9.17, 15) is 0 Å². The van der Waals surface area contributed by atoms with Gasteiger partial charge in [0, 0.05) is 27.1 Å². The molecule has 48 heavy (non-hydrogen) atoms. The van der Waals surface area contributed by atoms with Crippen molar-refractivity contribution in [3.8, 4) is 33.5 Å².